The molecule has 2 fully saturated rings. The summed E-state index contributed by atoms with van der Waals surface area (Å²) in [5, 5.41) is 7.67. The second kappa shape index (κ2) is 6.19. The van der Waals surface area contributed by atoms with Crippen molar-refractivity contribution in [2.45, 2.75) is 62.6 Å². The topological polar surface area (TPSA) is 120 Å². The van der Waals surface area contributed by atoms with Gasteiger partial charge in [-0.25, -0.2) is 13.1 Å². The van der Waals surface area contributed by atoms with Crippen LogP contribution in [0.4, 0.5) is 0 Å². The van der Waals surface area contributed by atoms with Crippen LogP contribution in [0, 0.1) is 13.8 Å². The molecule has 25 heavy (non-hydrogen) atoms. The molecule has 1 N–H and O–H groups in total. The van der Waals surface area contributed by atoms with Crippen molar-refractivity contribution in [3.63, 3.8) is 0 Å². The van der Waals surface area contributed by atoms with E-state index in [9.17, 15) is 8.42 Å². The van der Waals surface area contributed by atoms with Gasteiger partial charge in [-0.3, -0.25) is 0 Å². The van der Waals surface area contributed by atoms with E-state index in [1.807, 2.05) is 0 Å². The first-order chi connectivity index (χ1) is 11.9. The molecule has 1 saturated carbocycles. The van der Waals surface area contributed by atoms with Crippen molar-refractivity contribution in [1.29, 1.82) is 0 Å². The summed E-state index contributed by atoms with van der Waals surface area (Å²) in [6.07, 6.45) is 3.15. The maximum absolute atomic E-state index is 12.4. The zero-order valence-corrected chi connectivity index (χ0v) is 14.9. The summed E-state index contributed by atoms with van der Waals surface area (Å²) in [5.41, 5.74) is 0.341. The van der Waals surface area contributed by atoms with Gasteiger partial charge in [-0.2, -0.15) is 4.98 Å². The average Bonchev–Trinajstić information content (AvgIpc) is 2.98. The molecule has 0 radical (unpaired) electrons. The first-order valence-electron chi connectivity index (χ1n) is 8.35. The standard InChI is InChI=1S/C15H20N4O5S/c1-8-13(9(2)23-18-8)25(20,21)16-7-11-5-6-12(22-11)15-17-14(19-24-15)10-3-4-10/h10-12,16H,3-7H2,1-2H3/t11-,12+/m1/s1. The molecule has 1 saturated heterocycles. The van der Waals surface area contributed by atoms with Gasteiger partial charge in [0.1, 0.15) is 16.7 Å². The van der Waals surface area contributed by atoms with Crippen molar-refractivity contribution in [3.8, 4) is 0 Å². The molecule has 1 aliphatic heterocycles. The van der Waals surface area contributed by atoms with Gasteiger partial charge in [0.2, 0.25) is 10.0 Å². The van der Waals surface area contributed by atoms with E-state index in [0.29, 0.717) is 17.5 Å². The van der Waals surface area contributed by atoms with E-state index in [0.717, 1.165) is 31.5 Å². The third-order valence-corrected chi connectivity index (χ3v) is 6.19. The second-order valence-electron chi connectivity index (χ2n) is 6.59. The molecule has 2 aliphatic rings. The van der Waals surface area contributed by atoms with Crippen molar-refractivity contribution < 1.29 is 22.2 Å². The van der Waals surface area contributed by atoms with Crippen molar-refractivity contribution in [2.75, 3.05) is 6.54 Å². The molecule has 2 atom stereocenters. The number of hydrogen-bond acceptors (Lipinski definition) is 8. The van der Waals surface area contributed by atoms with Gasteiger partial charge < -0.3 is 13.8 Å². The van der Waals surface area contributed by atoms with Gasteiger partial charge >= 0.3 is 0 Å². The fourth-order valence-electron chi connectivity index (χ4n) is 3.06. The highest BCUT2D eigenvalue weighted by Gasteiger charge is 2.35. The summed E-state index contributed by atoms with van der Waals surface area (Å²) >= 11 is 0. The Kier molecular flexibility index (Phi) is 4.13. The normalized spacial score (nSPS) is 24.1. The number of ether oxygens (including phenoxy) is 1. The number of nitrogens with zero attached hydrogens (tertiary/aromatic N) is 3. The average molecular weight is 368 g/mol. The lowest BCUT2D eigenvalue weighted by molar-refractivity contribution is 0.0290. The van der Waals surface area contributed by atoms with E-state index in [4.69, 9.17) is 13.8 Å². The minimum Gasteiger partial charge on any atom is -0.364 e. The number of sulfonamides is 1. The van der Waals surface area contributed by atoms with E-state index in [-0.39, 0.29) is 29.4 Å². The van der Waals surface area contributed by atoms with Crippen LogP contribution in [0.2, 0.25) is 0 Å². The van der Waals surface area contributed by atoms with Crippen LogP contribution in [-0.4, -0.2) is 36.4 Å². The van der Waals surface area contributed by atoms with Gasteiger partial charge in [-0.15, -0.1) is 0 Å². The van der Waals surface area contributed by atoms with Crippen molar-refractivity contribution in [2.24, 2.45) is 0 Å². The van der Waals surface area contributed by atoms with E-state index >= 15 is 0 Å². The van der Waals surface area contributed by atoms with E-state index < -0.39 is 10.0 Å². The summed E-state index contributed by atoms with van der Waals surface area (Å²) in [6.45, 7) is 3.34. The van der Waals surface area contributed by atoms with Crippen LogP contribution in [0.25, 0.3) is 0 Å². The van der Waals surface area contributed by atoms with Crippen LogP contribution in [0.5, 0.6) is 0 Å². The van der Waals surface area contributed by atoms with Gasteiger partial charge in [0.25, 0.3) is 5.89 Å². The third-order valence-electron chi connectivity index (χ3n) is 4.52. The molecule has 9 nitrogen and oxygen atoms in total. The third kappa shape index (κ3) is 3.33. The highest BCUT2D eigenvalue weighted by atomic mass is 32.2. The van der Waals surface area contributed by atoms with E-state index in [1.165, 1.54) is 0 Å². The molecule has 2 aromatic heterocycles. The Bertz CT molecular complexity index is 851. The van der Waals surface area contributed by atoms with Crippen molar-refractivity contribution in [3.05, 3.63) is 23.2 Å². The first kappa shape index (κ1) is 16.7. The first-order valence-corrected chi connectivity index (χ1v) is 9.84. The maximum Gasteiger partial charge on any atom is 0.255 e. The molecule has 10 heteroatoms. The number of nitrogens with one attached hydrogen (secondary N) is 1. The fourth-order valence-corrected chi connectivity index (χ4v) is 4.45. The summed E-state index contributed by atoms with van der Waals surface area (Å²) in [5.74, 6) is 1.93. The van der Waals surface area contributed by atoms with Crippen LogP contribution in [0.15, 0.2) is 13.9 Å². The molecule has 0 amide bonds. The Hall–Kier alpha value is -1.78. The molecule has 0 unspecified atom stereocenters. The highest BCUT2D eigenvalue weighted by Crippen LogP contribution is 2.39. The fraction of sp³-hybridized carbons (Fsp3) is 0.667. The molecular weight excluding hydrogens is 348 g/mol. The largest absolute Gasteiger partial charge is 0.364 e. The zero-order valence-electron chi connectivity index (χ0n) is 14.1. The van der Waals surface area contributed by atoms with Gasteiger partial charge in [-0.1, -0.05) is 10.3 Å². The van der Waals surface area contributed by atoms with Crippen LogP contribution in [-0.2, 0) is 14.8 Å². The Morgan fingerprint density at radius 2 is 1.92 bits per heavy atom. The van der Waals surface area contributed by atoms with Crippen LogP contribution < -0.4 is 4.72 Å². The van der Waals surface area contributed by atoms with Gasteiger partial charge in [0.15, 0.2) is 11.6 Å². The molecule has 4 rings (SSSR count). The van der Waals surface area contributed by atoms with Gasteiger partial charge in [0, 0.05) is 12.5 Å². The molecule has 2 aromatic rings. The highest BCUT2D eigenvalue weighted by molar-refractivity contribution is 7.89. The minimum absolute atomic E-state index is 0.0908. The Labute approximate surface area is 145 Å². The summed E-state index contributed by atoms with van der Waals surface area (Å²) in [6, 6.07) is 0. The van der Waals surface area contributed by atoms with Crippen LogP contribution in [0.3, 0.4) is 0 Å². The van der Waals surface area contributed by atoms with Gasteiger partial charge in [0.05, 0.1) is 6.10 Å². The van der Waals surface area contributed by atoms with Crippen LogP contribution >= 0.6 is 0 Å². The molecule has 0 spiro atoms. The summed E-state index contributed by atoms with van der Waals surface area (Å²) in [7, 11) is -3.68. The summed E-state index contributed by atoms with van der Waals surface area (Å²) < 4.78 is 43.5. The molecular formula is C15H20N4O5S. The zero-order chi connectivity index (χ0) is 17.6. The second-order valence-corrected chi connectivity index (χ2v) is 8.30. The van der Waals surface area contributed by atoms with E-state index in [1.54, 1.807) is 13.8 Å². The summed E-state index contributed by atoms with van der Waals surface area (Å²) in [4.78, 5) is 4.49. The SMILES string of the molecule is Cc1noc(C)c1S(=O)(=O)NC[C@H]1CC[C@@H](c2nc(C3CC3)no2)O1. The molecule has 1 aliphatic carbocycles. The Balaban J connectivity index is 1.36. The smallest absolute Gasteiger partial charge is 0.255 e. The number of rotatable bonds is 6. The molecule has 3 heterocycles. The van der Waals surface area contributed by atoms with Crippen LogP contribution in [0.1, 0.15) is 60.9 Å². The monoisotopic (exact) mass is 368 g/mol. The Morgan fingerprint density at radius 1 is 1.12 bits per heavy atom. The van der Waals surface area contributed by atoms with Crippen molar-refractivity contribution >= 4 is 10.0 Å². The predicted octanol–water partition coefficient (Wildman–Crippen LogP) is 1.75. The number of aryl methyl sites for hydroxylation is 2. The quantitative estimate of drug-likeness (QED) is 0.819. The lowest BCUT2D eigenvalue weighted by Gasteiger charge is -2.12. The number of hydrogen-bond donors (Lipinski definition) is 1. The molecule has 136 valence electrons. The molecule has 0 aromatic carbocycles. The predicted molar refractivity (Wildman–Crippen MR) is 84.3 cm³/mol. The maximum atomic E-state index is 12.4. The number of aromatic nitrogens is 3. The minimum atomic E-state index is -3.68. The van der Waals surface area contributed by atoms with Gasteiger partial charge in [-0.05, 0) is 39.5 Å². The lowest BCUT2D eigenvalue weighted by atomic mass is 10.2. The van der Waals surface area contributed by atoms with Crippen molar-refractivity contribution in [1.82, 2.24) is 20.0 Å². The molecule has 0 bridgehead atoms. The lowest BCUT2D eigenvalue weighted by Crippen LogP contribution is -2.32. The van der Waals surface area contributed by atoms with E-state index in [2.05, 4.69) is 20.0 Å². The Morgan fingerprint density at radius 3 is 2.60 bits per heavy atom.